The van der Waals surface area contributed by atoms with E-state index < -0.39 is 12.1 Å². The summed E-state index contributed by atoms with van der Waals surface area (Å²) in [7, 11) is 0. The summed E-state index contributed by atoms with van der Waals surface area (Å²) in [5, 5.41) is 2.93. The van der Waals surface area contributed by atoms with E-state index in [1.54, 1.807) is 40.3 Å². The van der Waals surface area contributed by atoms with Crippen LogP contribution < -0.4 is 10.2 Å². The van der Waals surface area contributed by atoms with E-state index in [9.17, 15) is 19.2 Å². The predicted octanol–water partition coefficient (Wildman–Crippen LogP) is 2.77. The fourth-order valence-corrected chi connectivity index (χ4v) is 5.54. The van der Waals surface area contributed by atoms with Crippen LogP contribution >= 0.6 is 0 Å². The third-order valence-corrected chi connectivity index (χ3v) is 7.44. The lowest BCUT2D eigenvalue weighted by Gasteiger charge is -2.29. The molecule has 0 spiro atoms. The molecular formula is C29H37N5O4. The fourth-order valence-electron chi connectivity index (χ4n) is 5.54. The zero-order chi connectivity index (χ0) is 27.4. The van der Waals surface area contributed by atoms with E-state index in [0.717, 1.165) is 18.8 Å². The zero-order valence-electron chi connectivity index (χ0n) is 22.6. The number of aromatic nitrogens is 1. The molecule has 2 aliphatic heterocycles. The number of nitrogens with one attached hydrogen (secondary N) is 1. The molecule has 38 heavy (non-hydrogen) atoms. The third-order valence-electron chi connectivity index (χ3n) is 7.44. The Morgan fingerprint density at radius 3 is 2.37 bits per heavy atom. The monoisotopic (exact) mass is 519 g/mol. The molecule has 2 fully saturated rings. The van der Waals surface area contributed by atoms with Crippen LogP contribution in [0.1, 0.15) is 61.3 Å². The van der Waals surface area contributed by atoms with Gasteiger partial charge in [0.2, 0.25) is 5.91 Å². The molecule has 3 heterocycles. The number of carbonyl (C=O) groups is 4. The lowest BCUT2D eigenvalue weighted by atomic mass is 10.0. The van der Waals surface area contributed by atoms with Crippen LogP contribution in [-0.2, 0) is 9.59 Å². The Morgan fingerprint density at radius 2 is 1.76 bits per heavy atom. The van der Waals surface area contributed by atoms with Crippen LogP contribution in [0.25, 0.3) is 0 Å². The Bertz CT molecular complexity index is 1160. The summed E-state index contributed by atoms with van der Waals surface area (Å²) in [6.45, 7) is 10.2. The second-order valence-corrected chi connectivity index (χ2v) is 10.3. The van der Waals surface area contributed by atoms with Crippen molar-refractivity contribution < 1.29 is 19.2 Å². The van der Waals surface area contributed by atoms with Gasteiger partial charge in [-0.25, -0.2) is 0 Å². The number of ketones is 1. The Balaban J connectivity index is 1.48. The molecule has 2 aliphatic rings. The van der Waals surface area contributed by atoms with E-state index in [2.05, 4.69) is 29.0 Å². The Kier molecular flexibility index (Phi) is 8.44. The number of benzene rings is 1. The van der Waals surface area contributed by atoms with Crippen molar-refractivity contribution in [2.24, 2.45) is 5.92 Å². The number of nitrogens with zero attached hydrogens (tertiary/aromatic N) is 4. The second-order valence-electron chi connectivity index (χ2n) is 10.3. The molecule has 9 heteroatoms. The van der Waals surface area contributed by atoms with Crippen LogP contribution in [0.2, 0.25) is 0 Å². The normalized spacial score (nSPS) is 19.4. The number of amides is 3. The average molecular weight is 520 g/mol. The SMILES string of the molecule is CCN(CC)c1ccc(C(=O)NC(CC(C)C)C(=O)N2CCC3C2C(=O)CN3C(=O)c2cccnc2)cc1. The molecule has 3 atom stereocenters. The Morgan fingerprint density at radius 1 is 1.05 bits per heavy atom. The summed E-state index contributed by atoms with van der Waals surface area (Å²) in [5.74, 6) is -0.857. The standard InChI is InChI=1S/C29H37N5O4/c1-5-32(6-2)22-11-9-20(10-12-22)27(36)31-23(16-19(3)4)29(38)33-15-13-24-26(33)25(35)18-34(24)28(37)21-8-7-14-30-17-21/h7-12,14,17,19,23-24,26H,5-6,13,15-16,18H2,1-4H3,(H,31,36). The van der Waals surface area contributed by atoms with Gasteiger partial charge in [0, 0.05) is 43.3 Å². The molecule has 2 aromatic rings. The first-order chi connectivity index (χ1) is 18.2. The molecule has 9 nitrogen and oxygen atoms in total. The van der Waals surface area contributed by atoms with Crippen molar-refractivity contribution in [3.8, 4) is 0 Å². The van der Waals surface area contributed by atoms with Gasteiger partial charge in [0.15, 0.2) is 5.78 Å². The largest absolute Gasteiger partial charge is 0.372 e. The molecule has 3 amide bonds. The summed E-state index contributed by atoms with van der Waals surface area (Å²) < 4.78 is 0. The summed E-state index contributed by atoms with van der Waals surface area (Å²) in [5.41, 5.74) is 1.93. The van der Waals surface area contributed by atoms with E-state index in [-0.39, 0.29) is 42.0 Å². The van der Waals surface area contributed by atoms with Gasteiger partial charge in [-0.05, 0) is 69.0 Å². The van der Waals surface area contributed by atoms with Crippen molar-refractivity contribution in [3.63, 3.8) is 0 Å². The first kappa shape index (κ1) is 27.3. The summed E-state index contributed by atoms with van der Waals surface area (Å²) in [6.07, 6.45) is 4.04. The van der Waals surface area contributed by atoms with Crippen LogP contribution in [0.5, 0.6) is 0 Å². The maximum Gasteiger partial charge on any atom is 0.256 e. The lowest BCUT2D eigenvalue weighted by Crippen LogP contribution is -2.53. The van der Waals surface area contributed by atoms with Crippen LogP contribution in [0.3, 0.4) is 0 Å². The minimum Gasteiger partial charge on any atom is -0.372 e. The van der Waals surface area contributed by atoms with Gasteiger partial charge in [-0.1, -0.05) is 13.8 Å². The van der Waals surface area contributed by atoms with E-state index in [1.807, 2.05) is 26.0 Å². The van der Waals surface area contributed by atoms with Crippen molar-refractivity contribution in [3.05, 3.63) is 59.9 Å². The van der Waals surface area contributed by atoms with Crippen LogP contribution in [0.4, 0.5) is 5.69 Å². The molecule has 2 saturated heterocycles. The number of hydrogen-bond donors (Lipinski definition) is 1. The van der Waals surface area contributed by atoms with Gasteiger partial charge in [0.05, 0.1) is 18.2 Å². The van der Waals surface area contributed by atoms with Crippen LogP contribution in [0, 0.1) is 5.92 Å². The number of anilines is 1. The highest BCUT2D eigenvalue weighted by Gasteiger charge is 2.52. The summed E-state index contributed by atoms with van der Waals surface area (Å²) in [6, 6.07) is 8.90. The first-order valence-electron chi connectivity index (χ1n) is 13.4. The van der Waals surface area contributed by atoms with Gasteiger partial charge >= 0.3 is 0 Å². The van der Waals surface area contributed by atoms with Gasteiger partial charge in [-0.2, -0.15) is 0 Å². The molecule has 3 unspecified atom stereocenters. The van der Waals surface area contributed by atoms with Gasteiger partial charge in [0.25, 0.3) is 11.8 Å². The van der Waals surface area contributed by atoms with Gasteiger partial charge in [0.1, 0.15) is 12.1 Å². The number of Topliss-reactive ketones (excluding diaryl/α,β-unsaturated/α-hetero) is 1. The molecule has 0 aliphatic carbocycles. The van der Waals surface area contributed by atoms with E-state index >= 15 is 0 Å². The van der Waals surface area contributed by atoms with E-state index in [1.165, 1.54) is 6.20 Å². The van der Waals surface area contributed by atoms with E-state index in [4.69, 9.17) is 0 Å². The van der Waals surface area contributed by atoms with E-state index in [0.29, 0.717) is 30.5 Å². The Hall–Kier alpha value is -3.75. The molecule has 0 bridgehead atoms. The van der Waals surface area contributed by atoms with Gasteiger partial charge in [-0.3, -0.25) is 24.2 Å². The second kappa shape index (κ2) is 11.8. The van der Waals surface area contributed by atoms with Crippen molar-refractivity contribution >= 4 is 29.2 Å². The highest BCUT2D eigenvalue weighted by atomic mass is 16.2. The van der Waals surface area contributed by atoms with Gasteiger partial charge in [-0.15, -0.1) is 0 Å². The number of pyridine rings is 1. The van der Waals surface area contributed by atoms with Crippen molar-refractivity contribution in [1.82, 2.24) is 20.1 Å². The first-order valence-corrected chi connectivity index (χ1v) is 13.4. The molecule has 4 rings (SSSR count). The molecular weight excluding hydrogens is 482 g/mol. The minimum atomic E-state index is -0.764. The highest BCUT2D eigenvalue weighted by molar-refractivity contribution is 6.03. The molecule has 0 saturated carbocycles. The Labute approximate surface area is 224 Å². The van der Waals surface area contributed by atoms with Gasteiger partial charge < -0.3 is 20.0 Å². The minimum absolute atomic E-state index is 0.0348. The molecule has 1 aromatic carbocycles. The number of carbonyl (C=O) groups excluding carboxylic acids is 4. The maximum atomic E-state index is 13.7. The van der Waals surface area contributed by atoms with Crippen LogP contribution in [-0.4, -0.2) is 82.6 Å². The molecule has 0 radical (unpaired) electrons. The number of rotatable bonds is 9. The number of hydrogen-bond acceptors (Lipinski definition) is 6. The van der Waals surface area contributed by atoms with Crippen molar-refractivity contribution in [1.29, 1.82) is 0 Å². The number of fused-ring (bicyclic) bond motifs is 1. The molecule has 202 valence electrons. The maximum absolute atomic E-state index is 13.7. The summed E-state index contributed by atoms with van der Waals surface area (Å²) >= 11 is 0. The molecule has 1 N–H and O–H groups in total. The topological polar surface area (TPSA) is 103 Å². The summed E-state index contributed by atoms with van der Waals surface area (Å²) in [4.78, 5) is 62.3. The smallest absolute Gasteiger partial charge is 0.256 e. The number of likely N-dealkylation sites (tertiary alicyclic amines) is 2. The van der Waals surface area contributed by atoms with Crippen LogP contribution in [0.15, 0.2) is 48.8 Å². The third kappa shape index (κ3) is 5.56. The quantitative estimate of drug-likeness (QED) is 0.547. The highest BCUT2D eigenvalue weighted by Crippen LogP contribution is 2.31. The van der Waals surface area contributed by atoms with Crippen molar-refractivity contribution in [2.75, 3.05) is 31.1 Å². The zero-order valence-corrected chi connectivity index (χ0v) is 22.6. The van der Waals surface area contributed by atoms with Crippen molar-refractivity contribution in [2.45, 2.75) is 58.7 Å². The predicted molar refractivity (Wildman–Crippen MR) is 145 cm³/mol. The average Bonchev–Trinajstić information content (AvgIpc) is 3.50. The fraction of sp³-hybridized carbons (Fsp3) is 0.483. The molecule has 1 aromatic heterocycles. The lowest BCUT2D eigenvalue weighted by molar-refractivity contribution is -0.138.